The van der Waals surface area contributed by atoms with Crippen molar-refractivity contribution in [1.82, 2.24) is 10.2 Å². The minimum absolute atomic E-state index is 0.0324. The maximum atomic E-state index is 13.1. The van der Waals surface area contributed by atoms with E-state index in [-0.39, 0.29) is 18.5 Å². The van der Waals surface area contributed by atoms with Crippen LogP contribution in [0.3, 0.4) is 0 Å². The average Bonchev–Trinajstić information content (AvgIpc) is 2.53. The number of nitrogens with one attached hydrogen (secondary N) is 1. The lowest BCUT2D eigenvalue weighted by Crippen LogP contribution is -2.12. The summed E-state index contributed by atoms with van der Waals surface area (Å²) in [5, 5.41) is 6.30. The zero-order valence-corrected chi connectivity index (χ0v) is 6.40. The molecule has 0 radical (unpaired) electrons. The van der Waals surface area contributed by atoms with Crippen LogP contribution in [0.1, 0.15) is 23.4 Å². The summed E-state index contributed by atoms with van der Waals surface area (Å²) in [5.74, 6) is -2.73. The molecule has 66 valence electrons. The van der Waals surface area contributed by atoms with Crippen LogP contribution in [0.2, 0.25) is 0 Å². The third-order valence-electron chi connectivity index (χ3n) is 2.16. The first kappa shape index (κ1) is 7.67. The normalized spacial score (nSPS) is 19.6. The fourth-order valence-corrected chi connectivity index (χ4v) is 1.59. The molecule has 0 saturated carbocycles. The van der Waals surface area contributed by atoms with E-state index in [4.69, 9.17) is 5.73 Å². The Hall–Kier alpha value is -0.970. The number of aromatic amines is 1. The number of hydrogen-bond acceptors (Lipinski definition) is 2. The molecule has 0 unspecified atom stereocenters. The largest absolute Gasteiger partial charge is 0.325 e. The summed E-state index contributed by atoms with van der Waals surface area (Å²) in [6.07, 6.45) is 0.249. The van der Waals surface area contributed by atoms with Gasteiger partial charge in [-0.1, -0.05) is 0 Å². The van der Waals surface area contributed by atoms with Crippen molar-refractivity contribution in [2.24, 2.45) is 5.73 Å². The molecule has 0 spiro atoms. The second-order valence-electron chi connectivity index (χ2n) is 2.93. The highest BCUT2D eigenvalue weighted by Crippen LogP contribution is 2.42. The van der Waals surface area contributed by atoms with Crippen molar-refractivity contribution >= 4 is 0 Å². The summed E-state index contributed by atoms with van der Waals surface area (Å²) in [7, 11) is 0. The van der Waals surface area contributed by atoms with Crippen molar-refractivity contribution in [2.75, 3.05) is 0 Å². The Balaban J connectivity index is 2.53. The molecule has 0 fully saturated rings. The van der Waals surface area contributed by atoms with Crippen molar-refractivity contribution in [2.45, 2.75) is 25.3 Å². The Labute approximate surface area is 68.0 Å². The quantitative estimate of drug-likeness (QED) is 0.663. The van der Waals surface area contributed by atoms with Crippen LogP contribution in [-0.2, 0) is 18.9 Å². The molecule has 1 aliphatic rings. The molecule has 3 nitrogen and oxygen atoms in total. The number of nitrogens with zero attached hydrogens (tertiary/aromatic N) is 1. The van der Waals surface area contributed by atoms with Gasteiger partial charge in [-0.25, -0.2) is 8.78 Å². The predicted molar refractivity (Wildman–Crippen MR) is 38.7 cm³/mol. The number of aromatic nitrogens is 2. The fraction of sp³-hybridized carbons (Fsp3) is 0.571. The van der Waals surface area contributed by atoms with Crippen molar-refractivity contribution in [3.63, 3.8) is 0 Å². The molecule has 12 heavy (non-hydrogen) atoms. The van der Waals surface area contributed by atoms with Gasteiger partial charge in [0, 0.05) is 18.7 Å². The lowest BCUT2D eigenvalue weighted by Gasteiger charge is -2.08. The summed E-state index contributed by atoms with van der Waals surface area (Å²) in [6, 6.07) is 0. The molecule has 0 bridgehead atoms. The van der Waals surface area contributed by atoms with Crippen LogP contribution in [0.15, 0.2) is 0 Å². The minimum Gasteiger partial charge on any atom is -0.325 e. The van der Waals surface area contributed by atoms with Gasteiger partial charge in [0.05, 0.1) is 11.3 Å². The molecule has 0 atom stereocenters. The van der Waals surface area contributed by atoms with Gasteiger partial charge in [-0.05, 0) is 6.42 Å². The van der Waals surface area contributed by atoms with E-state index in [2.05, 4.69) is 10.2 Å². The minimum atomic E-state index is -2.73. The molecule has 1 aromatic rings. The molecule has 1 aliphatic carbocycles. The van der Waals surface area contributed by atoms with Gasteiger partial charge in [0.25, 0.3) is 5.92 Å². The lowest BCUT2D eigenvalue weighted by atomic mass is 10.1. The van der Waals surface area contributed by atoms with Crippen LogP contribution in [0.5, 0.6) is 0 Å². The fourth-order valence-electron chi connectivity index (χ4n) is 1.59. The van der Waals surface area contributed by atoms with E-state index in [0.29, 0.717) is 17.8 Å². The number of H-pyrrole nitrogens is 1. The van der Waals surface area contributed by atoms with E-state index in [1.54, 1.807) is 0 Å². The van der Waals surface area contributed by atoms with Crippen LogP contribution in [-0.4, -0.2) is 10.2 Å². The van der Waals surface area contributed by atoms with Crippen LogP contribution in [0.25, 0.3) is 0 Å². The van der Waals surface area contributed by atoms with Gasteiger partial charge in [-0.3, -0.25) is 5.10 Å². The molecule has 0 aromatic carbocycles. The van der Waals surface area contributed by atoms with Crippen molar-refractivity contribution < 1.29 is 8.78 Å². The van der Waals surface area contributed by atoms with Gasteiger partial charge in [0.15, 0.2) is 0 Å². The Bertz CT molecular complexity index is 306. The van der Waals surface area contributed by atoms with Gasteiger partial charge >= 0.3 is 0 Å². The average molecular weight is 173 g/mol. The molecule has 5 heteroatoms. The Morgan fingerprint density at radius 3 is 3.00 bits per heavy atom. The number of fused-ring (bicyclic) bond motifs is 1. The molecular weight excluding hydrogens is 164 g/mol. The zero-order chi connectivity index (χ0) is 8.77. The molecule has 1 heterocycles. The SMILES string of the molecule is NCc1n[nH]c2c1C(F)(F)CC2. The Morgan fingerprint density at radius 2 is 2.33 bits per heavy atom. The van der Waals surface area contributed by atoms with Crippen LogP contribution >= 0.6 is 0 Å². The molecule has 3 N–H and O–H groups in total. The maximum Gasteiger partial charge on any atom is 0.277 e. The molecule has 0 amide bonds. The third-order valence-corrected chi connectivity index (χ3v) is 2.16. The van der Waals surface area contributed by atoms with E-state index in [1.807, 2.05) is 0 Å². The molecule has 0 aliphatic heterocycles. The van der Waals surface area contributed by atoms with E-state index < -0.39 is 5.92 Å². The lowest BCUT2D eigenvalue weighted by molar-refractivity contribution is -0.00284. The topological polar surface area (TPSA) is 54.7 Å². The number of alkyl halides is 2. The highest BCUT2D eigenvalue weighted by atomic mass is 19.3. The van der Waals surface area contributed by atoms with Gasteiger partial charge in [-0.15, -0.1) is 0 Å². The number of aryl methyl sites for hydroxylation is 1. The summed E-state index contributed by atoms with van der Waals surface area (Å²) in [6.45, 7) is 0.0709. The number of nitrogens with two attached hydrogens (primary N) is 1. The second kappa shape index (κ2) is 2.26. The standard InChI is InChI=1S/C7H9F2N3/c8-7(9)2-1-4-6(7)5(3-10)12-11-4/h1-3,10H2,(H,11,12). The van der Waals surface area contributed by atoms with Crippen molar-refractivity contribution in [3.8, 4) is 0 Å². The van der Waals surface area contributed by atoms with Crippen molar-refractivity contribution in [1.29, 1.82) is 0 Å². The van der Waals surface area contributed by atoms with Crippen LogP contribution in [0, 0.1) is 0 Å². The van der Waals surface area contributed by atoms with Crippen LogP contribution < -0.4 is 5.73 Å². The molecule has 1 aromatic heterocycles. The van der Waals surface area contributed by atoms with Gasteiger partial charge in [0.1, 0.15) is 0 Å². The van der Waals surface area contributed by atoms with Gasteiger partial charge in [-0.2, -0.15) is 5.10 Å². The summed E-state index contributed by atoms with van der Waals surface area (Å²) in [4.78, 5) is 0. The smallest absolute Gasteiger partial charge is 0.277 e. The highest BCUT2D eigenvalue weighted by molar-refractivity contribution is 5.34. The summed E-state index contributed by atoms with van der Waals surface area (Å²) < 4.78 is 26.2. The number of hydrogen-bond donors (Lipinski definition) is 2. The highest BCUT2D eigenvalue weighted by Gasteiger charge is 2.42. The predicted octanol–water partition coefficient (Wildman–Crippen LogP) is 0.906. The summed E-state index contributed by atoms with van der Waals surface area (Å²) in [5.41, 5.74) is 6.15. The van der Waals surface area contributed by atoms with Gasteiger partial charge < -0.3 is 5.73 Å². The molecule has 2 rings (SSSR count). The number of halogens is 2. The number of rotatable bonds is 1. The first-order valence-corrected chi connectivity index (χ1v) is 3.79. The van der Waals surface area contributed by atoms with E-state index in [1.165, 1.54) is 0 Å². The monoisotopic (exact) mass is 173 g/mol. The zero-order valence-electron chi connectivity index (χ0n) is 6.40. The Kier molecular flexibility index (Phi) is 1.44. The third kappa shape index (κ3) is 0.859. The first-order chi connectivity index (χ1) is 5.65. The maximum absolute atomic E-state index is 13.1. The van der Waals surface area contributed by atoms with E-state index in [0.717, 1.165) is 0 Å². The molecule has 0 saturated heterocycles. The Morgan fingerprint density at radius 1 is 1.58 bits per heavy atom. The summed E-state index contributed by atoms with van der Waals surface area (Å²) >= 11 is 0. The first-order valence-electron chi connectivity index (χ1n) is 3.79. The van der Waals surface area contributed by atoms with E-state index >= 15 is 0 Å². The van der Waals surface area contributed by atoms with E-state index in [9.17, 15) is 8.78 Å². The molecular formula is C7H9F2N3. The van der Waals surface area contributed by atoms with Gasteiger partial charge in [0.2, 0.25) is 0 Å². The van der Waals surface area contributed by atoms with Crippen molar-refractivity contribution in [3.05, 3.63) is 17.0 Å². The second-order valence-corrected chi connectivity index (χ2v) is 2.93. The van der Waals surface area contributed by atoms with Crippen LogP contribution in [0.4, 0.5) is 8.78 Å².